The van der Waals surface area contributed by atoms with E-state index >= 15 is 0 Å². The summed E-state index contributed by atoms with van der Waals surface area (Å²) in [6.07, 6.45) is 3.34. The Kier molecular flexibility index (Phi) is 4.52. The Balaban J connectivity index is 1.63. The number of aromatic amines is 1. The summed E-state index contributed by atoms with van der Waals surface area (Å²) in [6, 6.07) is 1.90. The fourth-order valence-electron chi connectivity index (χ4n) is 3.66. The number of H-pyrrole nitrogens is 1. The van der Waals surface area contributed by atoms with E-state index in [1.807, 2.05) is 22.8 Å². The van der Waals surface area contributed by atoms with E-state index in [-0.39, 0.29) is 11.8 Å². The van der Waals surface area contributed by atoms with Crippen LogP contribution in [-0.4, -0.2) is 66.0 Å². The highest BCUT2D eigenvalue weighted by atomic mass is 32.1. The van der Waals surface area contributed by atoms with E-state index in [1.165, 1.54) is 6.42 Å². The van der Waals surface area contributed by atoms with E-state index in [4.69, 9.17) is 4.74 Å². The van der Waals surface area contributed by atoms with Gasteiger partial charge in [0, 0.05) is 31.1 Å². The Hall–Kier alpha value is -1.86. The van der Waals surface area contributed by atoms with Crippen LogP contribution in [-0.2, 0) is 4.74 Å². The third kappa shape index (κ3) is 3.06. The van der Waals surface area contributed by atoms with Gasteiger partial charge in [-0.05, 0) is 32.3 Å². The molecule has 2 aromatic rings. The van der Waals surface area contributed by atoms with Gasteiger partial charge in [0.25, 0.3) is 11.8 Å². The highest BCUT2D eigenvalue weighted by Gasteiger charge is 2.27. The normalized spacial score (nSPS) is 18.8. The van der Waals surface area contributed by atoms with Gasteiger partial charge in [-0.15, -0.1) is 11.3 Å². The molecule has 4 heterocycles. The first-order chi connectivity index (χ1) is 12.1. The molecule has 0 saturated carbocycles. The molecule has 6 nitrogen and oxygen atoms in total. The minimum Gasteiger partial charge on any atom is -0.378 e. The van der Waals surface area contributed by atoms with Gasteiger partial charge in [0.1, 0.15) is 5.69 Å². The molecule has 0 radical (unpaired) electrons. The number of nitrogens with zero attached hydrogens (tertiary/aromatic N) is 2. The number of ether oxygens (including phenoxy) is 1. The summed E-state index contributed by atoms with van der Waals surface area (Å²) in [7, 11) is 0. The molecule has 0 aromatic carbocycles. The van der Waals surface area contributed by atoms with E-state index in [2.05, 4.69) is 4.98 Å². The van der Waals surface area contributed by atoms with Crippen molar-refractivity contribution in [2.75, 3.05) is 39.4 Å². The zero-order chi connectivity index (χ0) is 17.4. The van der Waals surface area contributed by atoms with Crippen LogP contribution in [0.2, 0.25) is 0 Å². The van der Waals surface area contributed by atoms with Crippen LogP contribution in [0.4, 0.5) is 0 Å². The van der Waals surface area contributed by atoms with Crippen molar-refractivity contribution in [2.45, 2.75) is 26.2 Å². The predicted octanol–water partition coefficient (Wildman–Crippen LogP) is 2.64. The molecule has 1 N–H and O–H groups in total. The lowest BCUT2D eigenvalue weighted by Gasteiger charge is -2.27. The lowest BCUT2D eigenvalue weighted by molar-refractivity contribution is 0.0304. The number of fused-ring (bicyclic) bond motifs is 1. The summed E-state index contributed by atoms with van der Waals surface area (Å²) in [5.74, 6) is 0.0800. The molecule has 7 heteroatoms. The summed E-state index contributed by atoms with van der Waals surface area (Å²) in [5, 5.41) is 0. The van der Waals surface area contributed by atoms with Gasteiger partial charge in [-0.2, -0.15) is 0 Å². The van der Waals surface area contributed by atoms with Crippen molar-refractivity contribution >= 4 is 33.4 Å². The number of piperidine rings is 1. The molecule has 4 rings (SSSR count). The van der Waals surface area contributed by atoms with Crippen molar-refractivity contribution in [2.24, 2.45) is 0 Å². The number of thiophene rings is 1. The van der Waals surface area contributed by atoms with Crippen LogP contribution >= 0.6 is 11.3 Å². The van der Waals surface area contributed by atoms with Gasteiger partial charge in [-0.25, -0.2) is 0 Å². The van der Waals surface area contributed by atoms with Crippen molar-refractivity contribution in [3.63, 3.8) is 0 Å². The summed E-state index contributed by atoms with van der Waals surface area (Å²) in [6.45, 7) is 6.03. The number of likely N-dealkylation sites (tertiary alicyclic amines) is 1. The topological polar surface area (TPSA) is 65.6 Å². The Morgan fingerprint density at radius 2 is 1.72 bits per heavy atom. The summed E-state index contributed by atoms with van der Waals surface area (Å²) >= 11 is 1.58. The third-order valence-corrected chi connectivity index (χ3v) is 6.08. The predicted molar refractivity (Wildman–Crippen MR) is 97.4 cm³/mol. The van der Waals surface area contributed by atoms with Gasteiger partial charge >= 0.3 is 0 Å². The molecule has 2 aliphatic heterocycles. The minimum atomic E-state index is 0.0332. The van der Waals surface area contributed by atoms with Crippen molar-refractivity contribution in [1.29, 1.82) is 0 Å². The second kappa shape index (κ2) is 6.80. The first-order valence-electron chi connectivity index (χ1n) is 8.93. The minimum absolute atomic E-state index is 0.0332. The first-order valence-corrected chi connectivity index (χ1v) is 9.75. The van der Waals surface area contributed by atoms with Crippen molar-refractivity contribution in [3.8, 4) is 0 Å². The van der Waals surface area contributed by atoms with Crippen LogP contribution in [0.15, 0.2) is 6.07 Å². The molecule has 0 unspecified atom stereocenters. The fourth-order valence-corrected chi connectivity index (χ4v) is 4.71. The van der Waals surface area contributed by atoms with Gasteiger partial charge in [0.2, 0.25) is 0 Å². The van der Waals surface area contributed by atoms with Gasteiger partial charge in [0.05, 0.1) is 29.0 Å². The number of nitrogens with one attached hydrogen (secondary N) is 1. The van der Waals surface area contributed by atoms with Crippen molar-refractivity contribution in [3.05, 3.63) is 22.2 Å². The van der Waals surface area contributed by atoms with E-state index in [0.29, 0.717) is 37.6 Å². The molecular formula is C18H23N3O3S. The average Bonchev–Trinajstić information content (AvgIpc) is 3.18. The summed E-state index contributed by atoms with van der Waals surface area (Å²) in [4.78, 5) is 33.6. The number of aryl methyl sites for hydroxylation is 1. The molecular weight excluding hydrogens is 338 g/mol. The largest absolute Gasteiger partial charge is 0.378 e. The van der Waals surface area contributed by atoms with Gasteiger partial charge < -0.3 is 19.5 Å². The van der Waals surface area contributed by atoms with E-state index in [0.717, 1.165) is 41.0 Å². The monoisotopic (exact) mass is 361 g/mol. The van der Waals surface area contributed by atoms with Crippen LogP contribution in [0.1, 0.15) is 45.0 Å². The Morgan fingerprint density at radius 3 is 2.44 bits per heavy atom. The molecule has 2 aliphatic rings. The number of rotatable bonds is 2. The van der Waals surface area contributed by atoms with Crippen LogP contribution in [0, 0.1) is 6.92 Å². The lowest BCUT2D eigenvalue weighted by atomic mass is 10.1. The number of amides is 2. The van der Waals surface area contributed by atoms with E-state index in [9.17, 15) is 9.59 Å². The Labute approximate surface area is 150 Å². The Bertz CT molecular complexity index is 798. The number of hydrogen-bond acceptors (Lipinski definition) is 4. The number of carbonyl (C=O) groups excluding carboxylic acids is 2. The Morgan fingerprint density at radius 1 is 1.04 bits per heavy atom. The third-order valence-electron chi connectivity index (χ3n) is 5.03. The summed E-state index contributed by atoms with van der Waals surface area (Å²) in [5.41, 5.74) is 2.11. The van der Waals surface area contributed by atoms with Crippen LogP contribution in [0.3, 0.4) is 0 Å². The first kappa shape index (κ1) is 16.6. The highest BCUT2D eigenvalue weighted by molar-refractivity contribution is 7.19. The lowest BCUT2D eigenvalue weighted by Crippen LogP contribution is -2.40. The molecule has 2 saturated heterocycles. The van der Waals surface area contributed by atoms with E-state index < -0.39 is 0 Å². The maximum absolute atomic E-state index is 12.9. The standard InChI is InChI=1S/C18H23N3O3S/c1-12-15(18(23)21-7-9-24-10-8-21)16-14(25-12)11-13(19-16)17(22)20-5-3-2-4-6-20/h11,19H,2-10H2,1H3. The molecule has 134 valence electrons. The molecule has 25 heavy (non-hydrogen) atoms. The highest BCUT2D eigenvalue weighted by Crippen LogP contribution is 2.32. The van der Waals surface area contributed by atoms with Crippen LogP contribution < -0.4 is 0 Å². The maximum atomic E-state index is 12.9. The van der Waals surface area contributed by atoms with Crippen LogP contribution in [0.25, 0.3) is 10.2 Å². The zero-order valence-electron chi connectivity index (χ0n) is 14.5. The van der Waals surface area contributed by atoms with Crippen molar-refractivity contribution < 1.29 is 14.3 Å². The fraction of sp³-hybridized carbons (Fsp3) is 0.556. The second-order valence-electron chi connectivity index (χ2n) is 6.71. The quantitative estimate of drug-likeness (QED) is 0.894. The number of aromatic nitrogens is 1. The van der Waals surface area contributed by atoms with E-state index in [1.54, 1.807) is 11.3 Å². The summed E-state index contributed by atoms with van der Waals surface area (Å²) < 4.78 is 6.32. The molecule has 0 bridgehead atoms. The smallest absolute Gasteiger partial charge is 0.270 e. The number of carbonyl (C=O) groups is 2. The molecule has 2 aromatic heterocycles. The molecule has 0 spiro atoms. The SMILES string of the molecule is Cc1sc2cc(C(=O)N3CCCCC3)[nH]c2c1C(=O)N1CCOCC1. The molecule has 2 amide bonds. The van der Waals surface area contributed by atoms with Crippen LogP contribution in [0.5, 0.6) is 0 Å². The van der Waals surface area contributed by atoms with Crippen molar-refractivity contribution in [1.82, 2.24) is 14.8 Å². The molecule has 2 fully saturated rings. The van der Waals surface area contributed by atoms with Gasteiger partial charge in [-0.3, -0.25) is 9.59 Å². The second-order valence-corrected chi connectivity index (χ2v) is 7.97. The average molecular weight is 361 g/mol. The number of morpholine rings is 1. The molecule has 0 aliphatic carbocycles. The van der Waals surface area contributed by atoms with Gasteiger partial charge in [0.15, 0.2) is 0 Å². The molecule has 0 atom stereocenters. The van der Waals surface area contributed by atoms with Gasteiger partial charge in [-0.1, -0.05) is 0 Å². The zero-order valence-corrected chi connectivity index (χ0v) is 15.3. The maximum Gasteiger partial charge on any atom is 0.270 e. The number of hydrogen-bond donors (Lipinski definition) is 1.